The molecule has 0 aromatic carbocycles. The number of hydrogen-bond acceptors (Lipinski definition) is 6. The summed E-state index contributed by atoms with van der Waals surface area (Å²) in [6.07, 6.45) is 2.86. The predicted octanol–water partition coefficient (Wildman–Crippen LogP) is 0.577. The Morgan fingerprint density at radius 2 is 1.23 bits per heavy atom. The van der Waals surface area contributed by atoms with E-state index in [1.165, 1.54) is 0 Å². The number of nitrogens with zero attached hydrogens (tertiary/aromatic N) is 1. The van der Waals surface area contributed by atoms with Gasteiger partial charge in [-0.2, -0.15) is 0 Å². The van der Waals surface area contributed by atoms with Crippen molar-refractivity contribution in [2.75, 3.05) is 65.9 Å². The molecule has 1 saturated heterocycles. The predicted molar refractivity (Wildman–Crippen MR) is 96.7 cm³/mol. The number of carbonyl (C=O) groups excluding carboxylic acids is 2. The summed E-state index contributed by atoms with van der Waals surface area (Å²) in [6, 6.07) is 0. The van der Waals surface area contributed by atoms with Crippen molar-refractivity contribution in [1.82, 2.24) is 4.90 Å². The lowest BCUT2D eigenvalue weighted by atomic mass is 9.99. The highest BCUT2D eigenvalue weighted by molar-refractivity contribution is 5.76. The monoisotopic (exact) mass is 374 g/mol. The molecule has 2 N–H and O–H groups in total. The second-order valence-electron chi connectivity index (χ2n) is 6.48. The van der Waals surface area contributed by atoms with E-state index >= 15 is 0 Å². The van der Waals surface area contributed by atoms with Gasteiger partial charge in [-0.25, -0.2) is 0 Å². The largest absolute Gasteiger partial charge is 0.379 e. The van der Waals surface area contributed by atoms with Crippen molar-refractivity contribution >= 4 is 11.8 Å². The van der Waals surface area contributed by atoms with Gasteiger partial charge >= 0.3 is 0 Å². The average Bonchev–Trinajstić information content (AvgIpc) is 2.62. The summed E-state index contributed by atoms with van der Waals surface area (Å²) in [5, 5.41) is 0. The molecule has 0 atom stereocenters. The second-order valence-corrected chi connectivity index (χ2v) is 6.48. The van der Waals surface area contributed by atoms with Crippen molar-refractivity contribution in [1.29, 1.82) is 0 Å². The summed E-state index contributed by atoms with van der Waals surface area (Å²) in [5.41, 5.74) is 4.99. The van der Waals surface area contributed by atoms with Crippen LogP contribution in [0.25, 0.3) is 0 Å². The fourth-order valence-electron chi connectivity index (χ4n) is 2.51. The minimum Gasteiger partial charge on any atom is -0.379 e. The summed E-state index contributed by atoms with van der Waals surface area (Å²) in [6.45, 7) is 7.54. The molecule has 1 fully saturated rings. The van der Waals surface area contributed by atoms with Gasteiger partial charge in [0, 0.05) is 19.5 Å². The Kier molecular flexibility index (Phi) is 13.1. The number of ether oxygens (including phenoxy) is 4. The van der Waals surface area contributed by atoms with Crippen LogP contribution in [0.15, 0.2) is 0 Å². The second kappa shape index (κ2) is 14.9. The lowest BCUT2D eigenvalue weighted by Gasteiger charge is -2.30. The minimum atomic E-state index is -0.368. The van der Waals surface area contributed by atoms with Gasteiger partial charge in [0.15, 0.2) is 0 Å². The molecule has 0 aromatic heterocycles. The first kappa shape index (κ1) is 22.8. The van der Waals surface area contributed by atoms with Crippen LogP contribution in [-0.4, -0.2) is 82.7 Å². The summed E-state index contributed by atoms with van der Waals surface area (Å²) >= 11 is 0. The van der Waals surface area contributed by atoms with Gasteiger partial charge in [-0.15, -0.1) is 0 Å². The molecule has 0 bridgehead atoms. The SMILES string of the molecule is CC1CCN(C(=O)CCOCCOCCOCCOCCC(N)=O)CC1. The van der Waals surface area contributed by atoms with Gasteiger partial charge in [-0.3, -0.25) is 9.59 Å². The standard InChI is InChI=1S/C18H34N2O6/c1-16-2-6-20(7-3-16)18(22)5-9-24-11-13-26-15-14-25-12-10-23-8-4-17(19)21/h16H,2-15H2,1H3,(H2,19,21). The topological polar surface area (TPSA) is 100 Å². The number of carbonyl (C=O) groups is 2. The summed E-state index contributed by atoms with van der Waals surface area (Å²) in [4.78, 5) is 24.4. The molecule has 8 heteroatoms. The van der Waals surface area contributed by atoms with Gasteiger partial charge in [0.05, 0.1) is 59.3 Å². The maximum absolute atomic E-state index is 12.0. The third kappa shape index (κ3) is 12.2. The molecule has 0 radical (unpaired) electrons. The van der Waals surface area contributed by atoms with Gasteiger partial charge in [0.1, 0.15) is 0 Å². The third-order valence-electron chi connectivity index (χ3n) is 4.21. The van der Waals surface area contributed by atoms with Crippen molar-refractivity contribution in [3.05, 3.63) is 0 Å². The van der Waals surface area contributed by atoms with Crippen molar-refractivity contribution < 1.29 is 28.5 Å². The molecular formula is C18H34N2O6. The fourth-order valence-corrected chi connectivity index (χ4v) is 2.51. The Bertz CT molecular complexity index is 386. The Morgan fingerprint density at radius 1 is 0.808 bits per heavy atom. The fraction of sp³-hybridized carbons (Fsp3) is 0.889. The van der Waals surface area contributed by atoms with E-state index in [9.17, 15) is 9.59 Å². The van der Waals surface area contributed by atoms with Crippen molar-refractivity contribution in [2.45, 2.75) is 32.6 Å². The Balaban J connectivity index is 1.78. The van der Waals surface area contributed by atoms with Crippen LogP contribution in [0.4, 0.5) is 0 Å². The van der Waals surface area contributed by atoms with Crippen LogP contribution in [0.5, 0.6) is 0 Å². The number of likely N-dealkylation sites (tertiary alicyclic amines) is 1. The van der Waals surface area contributed by atoms with Crippen LogP contribution in [0, 0.1) is 5.92 Å². The van der Waals surface area contributed by atoms with Crippen LogP contribution in [0.3, 0.4) is 0 Å². The van der Waals surface area contributed by atoms with Crippen LogP contribution in [0.2, 0.25) is 0 Å². The maximum atomic E-state index is 12.0. The van der Waals surface area contributed by atoms with Gasteiger partial charge in [0.25, 0.3) is 0 Å². The number of amides is 2. The average molecular weight is 374 g/mol. The third-order valence-corrected chi connectivity index (χ3v) is 4.21. The van der Waals surface area contributed by atoms with E-state index in [4.69, 9.17) is 24.7 Å². The van der Waals surface area contributed by atoms with Gasteiger partial charge < -0.3 is 29.6 Å². The molecule has 0 spiro atoms. The highest BCUT2D eigenvalue weighted by Crippen LogP contribution is 2.16. The van der Waals surface area contributed by atoms with E-state index in [1.807, 2.05) is 4.90 Å². The molecule has 0 unspecified atom stereocenters. The normalized spacial score (nSPS) is 15.3. The van der Waals surface area contributed by atoms with Crippen LogP contribution >= 0.6 is 0 Å². The zero-order valence-electron chi connectivity index (χ0n) is 16.0. The van der Waals surface area contributed by atoms with Crippen LogP contribution in [0.1, 0.15) is 32.6 Å². The summed E-state index contributed by atoms with van der Waals surface area (Å²) in [7, 11) is 0. The van der Waals surface area contributed by atoms with E-state index in [-0.39, 0.29) is 18.2 Å². The van der Waals surface area contributed by atoms with E-state index in [2.05, 4.69) is 6.92 Å². The van der Waals surface area contributed by atoms with E-state index in [0.29, 0.717) is 59.3 Å². The Hall–Kier alpha value is -1.22. The minimum absolute atomic E-state index is 0.185. The molecule has 1 aliphatic rings. The zero-order chi connectivity index (χ0) is 19.0. The number of primary amides is 1. The molecule has 0 aliphatic carbocycles. The number of piperidine rings is 1. The quantitative estimate of drug-likeness (QED) is 0.421. The highest BCUT2D eigenvalue weighted by Gasteiger charge is 2.19. The maximum Gasteiger partial charge on any atom is 0.224 e. The Morgan fingerprint density at radius 3 is 1.69 bits per heavy atom. The number of rotatable bonds is 15. The summed E-state index contributed by atoms with van der Waals surface area (Å²) in [5.74, 6) is 0.544. The number of hydrogen-bond donors (Lipinski definition) is 1. The lowest BCUT2D eigenvalue weighted by molar-refractivity contribution is -0.133. The van der Waals surface area contributed by atoms with Crippen molar-refractivity contribution in [3.8, 4) is 0 Å². The zero-order valence-corrected chi connectivity index (χ0v) is 16.0. The van der Waals surface area contributed by atoms with Crippen LogP contribution < -0.4 is 5.73 Å². The van der Waals surface area contributed by atoms with E-state index < -0.39 is 0 Å². The molecule has 8 nitrogen and oxygen atoms in total. The molecule has 0 aromatic rings. The first-order chi connectivity index (χ1) is 12.6. The van der Waals surface area contributed by atoms with Gasteiger partial charge in [-0.05, 0) is 18.8 Å². The molecule has 1 heterocycles. The molecular weight excluding hydrogens is 340 g/mol. The van der Waals surface area contributed by atoms with Gasteiger partial charge in [-0.1, -0.05) is 6.92 Å². The van der Waals surface area contributed by atoms with E-state index in [1.54, 1.807) is 0 Å². The first-order valence-electron chi connectivity index (χ1n) is 9.46. The number of nitrogens with two attached hydrogens (primary N) is 1. The van der Waals surface area contributed by atoms with Gasteiger partial charge in [0.2, 0.25) is 11.8 Å². The highest BCUT2D eigenvalue weighted by atomic mass is 16.6. The van der Waals surface area contributed by atoms with Crippen LogP contribution in [-0.2, 0) is 28.5 Å². The molecule has 1 aliphatic heterocycles. The molecule has 26 heavy (non-hydrogen) atoms. The molecule has 152 valence electrons. The van der Waals surface area contributed by atoms with E-state index in [0.717, 1.165) is 31.8 Å². The van der Waals surface area contributed by atoms with Crippen molar-refractivity contribution in [2.24, 2.45) is 11.7 Å². The summed E-state index contributed by atoms with van der Waals surface area (Å²) < 4.78 is 21.3. The lowest BCUT2D eigenvalue weighted by Crippen LogP contribution is -2.38. The smallest absolute Gasteiger partial charge is 0.224 e. The Labute approximate surface area is 156 Å². The first-order valence-corrected chi connectivity index (χ1v) is 9.46. The molecule has 0 saturated carbocycles. The molecule has 2 amide bonds. The molecule has 1 rings (SSSR count). The van der Waals surface area contributed by atoms with Crippen molar-refractivity contribution in [3.63, 3.8) is 0 Å².